The second-order valence-electron chi connectivity index (χ2n) is 9.32. The molecule has 0 spiro atoms. The third-order valence-electron chi connectivity index (χ3n) is 6.57. The van der Waals surface area contributed by atoms with Crippen LogP contribution in [0.15, 0.2) is 78.7 Å². The predicted octanol–water partition coefficient (Wildman–Crippen LogP) is 4.52. The molecule has 1 saturated heterocycles. The number of carbonyl (C=O) groups excluding carboxylic acids is 1. The van der Waals surface area contributed by atoms with E-state index in [1.807, 2.05) is 6.07 Å². The predicted molar refractivity (Wildman–Crippen MR) is 161 cm³/mol. The lowest BCUT2D eigenvalue weighted by atomic mass is 10.1. The molecule has 1 aliphatic heterocycles. The number of nitrogens with one attached hydrogen (secondary N) is 2. The molecule has 3 heterocycles. The molecule has 11 nitrogen and oxygen atoms in total. The van der Waals surface area contributed by atoms with Gasteiger partial charge in [-0.3, -0.25) is 9.79 Å². The van der Waals surface area contributed by atoms with Gasteiger partial charge in [0, 0.05) is 61.7 Å². The Morgan fingerprint density at radius 2 is 2.02 bits per heavy atom. The number of nitrogens with two attached hydrogens (primary N) is 1. The number of rotatable bonds is 10. The van der Waals surface area contributed by atoms with Crippen LogP contribution >= 0.6 is 0 Å². The van der Waals surface area contributed by atoms with E-state index in [9.17, 15) is 4.79 Å². The quantitative estimate of drug-likeness (QED) is 0.186. The van der Waals surface area contributed by atoms with Crippen LogP contribution in [0.2, 0.25) is 0 Å². The number of allylic oxidation sites excluding steroid dienone is 1. The van der Waals surface area contributed by atoms with E-state index in [1.165, 1.54) is 24.7 Å². The third kappa shape index (κ3) is 5.97. The van der Waals surface area contributed by atoms with E-state index < -0.39 is 5.82 Å². The van der Waals surface area contributed by atoms with Crippen molar-refractivity contribution in [3.8, 4) is 17.4 Å². The first-order valence-electron chi connectivity index (χ1n) is 13.0. The molecule has 2 aromatic carbocycles. The van der Waals surface area contributed by atoms with Crippen LogP contribution < -0.4 is 25.8 Å². The number of nitrogens with zero attached hydrogens (tertiary/aromatic N) is 5. The lowest BCUT2D eigenvalue weighted by Crippen LogP contribution is -2.56. The van der Waals surface area contributed by atoms with Crippen molar-refractivity contribution in [1.82, 2.24) is 19.9 Å². The highest BCUT2D eigenvalue weighted by molar-refractivity contribution is 6.08. The van der Waals surface area contributed by atoms with E-state index >= 15 is 4.39 Å². The number of amides is 1. The molecule has 42 heavy (non-hydrogen) atoms. The van der Waals surface area contributed by atoms with Crippen LogP contribution in [0.1, 0.15) is 5.69 Å². The van der Waals surface area contributed by atoms with Crippen LogP contribution in [0.3, 0.4) is 0 Å². The van der Waals surface area contributed by atoms with Gasteiger partial charge < -0.3 is 30.7 Å². The van der Waals surface area contributed by atoms with Gasteiger partial charge in [-0.15, -0.1) is 0 Å². The number of likely N-dealkylation sites (tertiary alicyclic amines) is 1. The summed E-state index contributed by atoms with van der Waals surface area (Å²) in [7, 11) is 3.20. The number of aliphatic imine (C=N–C) groups is 1. The number of aromatic nitrogens is 3. The zero-order chi connectivity index (χ0) is 29.6. The Labute approximate surface area is 241 Å². The van der Waals surface area contributed by atoms with E-state index in [1.54, 1.807) is 61.7 Å². The lowest BCUT2D eigenvalue weighted by Gasteiger charge is -2.39. The second kappa shape index (κ2) is 12.3. The largest absolute Gasteiger partial charge is 0.495 e. The van der Waals surface area contributed by atoms with Crippen molar-refractivity contribution in [2.45, 2.75) is 6.04 Å². The standard InChI is InChI=1S/C30H29FN8O3/c1-4-29(40)39-15-19(16-39)36-26-11-21-25(12-27(26)41-3)34-17-35-30(21)38-24-9-8-20(10-22(24)31)42-28-7-5-6-23(37-28)18(13-32)14-33-2/h4-14,17,19,36H,1,15-16,32H2,2-3H3,(H,34,35,38)/b18-13+,33-14?. The van der Waals surface area contributed by atoms with Gasteiger partial charge in [0.1, 0.15) is 29.5 Å². The molecule has 0 aliphatic carbocycles. The van der Waals surface area contributed by atoms with Crippen molar-refractivity contribution in [2.75, 3.05) is 37.9 Å². The van der Waals surface area contributed by atoms with Gasteiger partial charge in [-0.25, -0.2) is 19.3 Å². The van der Waals surface area contributed by atoms with Crippen molar-refractivity contribution >= 4 is 45.8 Å². The Hall–Kier alpha value is -5.52. The summed E-state index contributed by atoms with van der Waals surface area (Å²) in [6.45, 7) is 4.61. The Kier molecular flexibility index (Phi) is 8.23. The molecule has 0 saturated carbocycles. The van der Waals surface area contributed by atoms with Gasteiger partial charge in [-0.2, -0.15) is 0 Å². The van der Waals surface area contributed by atoms with Crippen molar-refractivity contribution in [3.05, 3.63) is 85.2 Å². The van der Waals surface area contributed by atoms with E-state index in [-0.39, 0.29) is 29.3 Å². The monoisotopic (exact) mass is 568 g/mol. The van der Waals surface area contributed by atoms with Gasteiger partial charge >= 0.3 is 0 Å². The summed E-state index contributed by atoms with van der Waals surface area (Å²) in [5.74, 6) is 0.866. The molecule has 1 amide bonds. The maximum Gasteiger partial charge on any atom is 0.246 e. The molecule has 0 atom stereocenters. The molecule has 2 aromatic heterocycles. The molecule has 1 aliphatic rings. The molecular weight excluding hydrogens is 539 g/mol. The van der Waals surface area contributed by atoms with Crippen LogP contribution in [0.25, 0.3) is 16.5 Å². The first-order valence-corrected chi connectivity index (χ1v) is 13.0. The maximum atomic E-state index is 15.2. The summed E-state index contributed by atoms with van der Waals surface area (Å²) in [6, 6.07) is 13.3. The first-order chi connectivity index (χ1) is 20.4. The Balaban J connectivity index is 1.35. The van der Waals surface area contributed by atoms with Gasteiger partial charge in [0.05, 0.1) is 35.7 Å². The summed E-state index contributed by atoms with van der Waals surface area (Å²) in [5, 5.41) is 7.12. The summed E-state index contributed by atoms with van der Waals surface area (Å²) >= 11 is 0. The highest BCUT2D eigenvalue weighted by Gasteiger charge is 2.30. The summed E-state index contributed by atoms with van der Waals surface area (Å²) in [6.07, 6.45) is 5.68. The minimum absolute atomic E-state index is 0.0409. The summed E-state index contributed by atoms with van der Waals surface area (Å²) < 4.78 is 26.6. The average Bonchev–Trinajstić information content (AvgIpc) is 2.98. The van der Waals surface area contributed by atoms with Gasteiger partial charge in [-0.05, 0) is 30.3 Å². The topological polar surface area (TPSA) is 140 Å². The number of carbonyl (C=O) groups is 1. The van der Waals surface area contributed by atoms with E-state index in [0.717, 1.165) is 0 Å². The highest BCUT2D eigenvalue weighted by Crippen LogP contribution is 2.35. The maximum absolute atomic E-state index is 15.2. The van der Waals surface area contributed by atoms with Crippen molar-refractivity contribution in [2.24, 2.45) is 10.7 Å². The van der Waals surface area contributed by atoms with E-state index in [0.29, 0.717) is 52.5 Å². The van der Waals surface area contributed by atoms with Crippen molar-refractivity contribution < 1.29 is 18.7 Å². The Bertz CT molecular complexity index is 1700. The number of fused-ring (bicyclic) bond motifs is 1. The molecule has 4 aromatic rings. The smallest absolute Gasteiger partial charge is 0.246 e. The molecule has 4 N–H and O–H groups in total. The van der Waals surface area contributed by atoms with E-state index in [2.05, 4.69) is 37.2 Å². The number of benzene rings is 2. The normalized spacial score (nSPS) is 13.6. The average molecular weight is 569 g/mol. The molecular formula is C30H29FN8O3. The summed E-state index contributed by atoms with van der Waals surface area (Å²) in [4.78, 5) is 30.6. The first kappa shape index (κ1) is 28.0. The Morgan fingerprint density at radius 1 is 1.19 bits per heavy atom. The SMILES string of the molecule is C=CC(=O)N1CC(Nc2cc3c(Nc4ccc(Oc5cccc(/C(C=NC)=C/N)n5)cc4F)ncnc3cc2OC)C1. The molecule has 0 unspecified atom stereocenters. The van der Waals surface area contributed by atoms with Crippen LogP contribution in [0.4, 0.5) is 21.6 Å². The van der Waals surface area contributed by atoms with Gasteiger partial charge in [0.15, 0.2) is 0 Å². The highest BCUT2D eigenvalue weighted by atomic mass is 19.1. The fourth-order valence-corrected chi connectivity index (χ4v) is 4.44. The summed E-state index contributed by atoms with van der Waals surface area (Å²) in [5.41, 5.74) is 8.38. The van der Waals surface area contributed by atoms with Crippen LogP contribution in [-0.4, -0.2) is 65.3 Å². The Morgan fingerprint density at radius 3 is 2.74 bits per heavy atom. The second-order valence-corrected chi connectivity index (χ2v) is 9.32. The molecule has 0 bridgehead atoms. The molecule has 214 valence electrons. The van der Waals surface area contributed by atoms with Gasteiger partial charge in [0.2, 0.25) is 11.8 Å². The zero-order valence-corrected chi connectivity index (χ0v) is 23.0. The number of ether oxygens (including phenoxy) is 2. The van der Waals surface area contributed by atoms with Crippen LogP contribution in [0, 0.1) is 5.82 Å². The fraction of sp³-hybridized carbons (Fsp3) is 0.167. The number of hydrogen-bond donors (Lipinski definition) is 3. The number of methoxy groups -OCH3 is 1. The number of hydrogen-bond acceptors (Lipinski definition) is 10. The third-order valence-corrected chi connectivity index (χ3v) is 6.57. The molecule has 0 radical (unpaired) electrons. The van der Waals surface area contributed by atoms with Crippen LogP contribution in [-0.2, 0) is 4.79 Å². The molecule has 5 rings (SSSR count). The minimum atomic E-state index is -0.551. The zero-order valence-electron chi connectivity index (χ0n) is 23.0. The molecule has 12 heteroatoms. The van der Waals surface area contributed by atoms with Crippen molar-refractivity contribution in [3.63, 3.8) is 0 Å². The minimum Gasteiger partial charge on any atom is -0.495 e. The van der Waals surface area contributed by atoms with Gasteiger partial charge in [-0.1, -0.05) is 12.6 Å². The van der Waals surface area contributed by atoms with Gasteiger partial charge in [0.25, 0.3) is 0 Å². The van der Waals surface area contributed by atoms with E-state index in [4.69, 9.17) is 15.2 Å². The molecule has 1 fully saturated rings. The van der Waals surface area contributed by atoms with Crippen LogP contribution in [0.5, 0.6) is 17.4 Å². The number of anilines is 3. The lowest BCUT2D eigenvalue weighted by molar-refractivity contribution is -0.129. The number of pyridine rings is 1. The number of halogens is 1. The van der Waals surface area contributed by atoms with Crippen molar-refractivity contribution in [1.29, 1.82) is 0 Å². The fourth-order valence-electron chi connectivity index (χ4n) is 4.44.